The predicted octanol–water partition coefficient (Wildman–Crippen LogP) is 3.47. The van der Waals surface area contributed by atoms with Gasteiger partial charge in [0.15, 0.2) is 11.6 Å². The Hall–Kier alpha value is -3.45. The summed E-state index contributed by atoms with van der Waals surface area (Å²) in [6.07, 6.45) is 3.53. The molecule has 4 aromatic rings. The molecule has 0 aliphatic carbocycles. The van der Waals surface area contributed by atoms with Gasteiger partial charge >= 0.3 is 0 Å². The predicted molar refractivity (Wildman–Crippen MR) is 100 cm³/mol. The molecule has 1 N–H and O–H groups in total. The molecule has 3 aromatic heterocycles. The van der Waals surface area contributed by atoms with Gasteiger partial charge in [-0.1, -0.05) is 24.3 Å². The Morgan fingerprint density at radius 2 is 2.04 bits per heavy atom. The number of hydrogen-bond acceptors (Lipinski definition) is 5. The maximum atomic E-state index is 12.7. The summed E-state index contributed by atoms with van der Waals surface area (Å²) in [5.74, 6) is 0.318. The van der Waals surface area contributed by atoms with Crippen molar-refractivity contribution < 1.29 is 13.9 Å². The first-order chi connectivity index (χ1) is 13.2. The van der Waals surface area contributed by atoms with E-state index in [1.54, 1.807) is 30.3 Å². The Balaban J connectivity index is 1.54. The molecule has 4 rings (SSSR count). The molecule has 0 spiro atoms. The van der Waals surface area contributed by atoms with Crippen LogP contribution in [0.4, 0.5) is 5.82 Å². The Kier molecular flexibility index (Phi) is 4.67. The molecular weight excluding hydrogens is 344 g/mol. The molecule has 0 aliphatic rings. The van der Waals surface area contributed by atoms with Gasteiger partial charge < -0.3 is 14.5 Å². The molecular formula is C20H18N4O3. The number of carbonyl (C=O) groups is 1. The topological polar surface area (TPSA) is 82.2 Å². The fourth-order valence-corrected chi connectivity index (χ4v) is 2.92. The van der Waals surface area contributed by atoms with E-state index in [-0.39, 0.29) is 18.3 Å². The van der Waals surface area contributed by atoms with E-state index in [1.165, 1.54) is 0 Å². The number of ether oxygens (including phenoxy) is 1. The van der Waals surface area contributed by atoms with Gasteiger partial charge in [0.05, 0.1) is 18.8 Å². The first kappa shape index (κ1) is 17.0. The quantitative estimate of drug-likeness (QED) is 0.568. The van der Waals surface area contributed by atoms with Crippen LogP contribution < -0.4 is 5.32 Å². The smallest absolute Gasteiger partial charge is 0.292 e. The molecule has 0 saturated carbocycles. The number of aromatic nitrogens is 3. The van der Waals surface area contributed by atoms with Gasteiger partial charge in [-0.3, -0.25) is 14.5 Å². The molecule has 3 heterocycles. The lowest BCUT2D eigenvalue weighted by Gasteiger charge is -2.03. The molecule has 0 atom stereocenters. The zero-order chi connectivity index (χ0) is 18.6. The molecule has 7 nitrogen and oxygen atoms in total. The molecule has 0 saturated heterocycles. The first-order valence-electron chi connectivity index (χ1n) is 8.48. The number of carbonyl (C=O) groups excluding carboxylic acids is 1. The third-order valence-electron chi connectivity index (χ3n) is 4.13. The first-order valence-corrected chi connectivity index (χ1v) is 8.48. The molecule has 136 valence electrons. The van der Waals surface area contributed by atoms with E-state index in [4.69, 9.17) is 9.15 Å². The maximum absolute atomic E-state index is 12.7. The number of hydrogen-bond donors (Lipinski definition) is 1. The van der Waals surface area contributed by atoms with Crippen molar-refractivity contribution in [3.05, 3.63) is 77.9 Å². The summed E-state index contributed by atoms with van der Waals surface area (Å²) in [5, 5.41) is 8.02. The number of benzene rings is 1. The van der Waals surface area contributed by atoms with Crippen LogP contribution in [0.25, 0.3) is 11.0 Å². The van der Waals surface area contributed by atoms with E-state index in [0.717, 1.165) is 16.6 Å². The fourth-order valence-electron chi connectivity index (χ4n) is 2.92. The van der Waals surface area contributed by atoms with Crippen molar-refractivity contribution in [3.63, 3.8) is 0 Å². The fraction of sp³-hybridized carbons (Fsp3) is 0.150. The normalized spacial score (nSPS) is 11.0. The van der Waals surface area contributed by atoms with Gasteiger partial charge in [0.1, 0.15) is 5.58 Å². The number of pyridine rings is 1. The van der Waals surface area contributed by atoms with E-state index in [9.17, 15) is 4.79 Å². The van der Waals surface area contributed by atoms with E-state index in [0.29, 0.717) is 17.9 Å². The second-order valence-electron chi connectivity index (χ2n) is 6.01. The van der Waals surface area contributed by atoms with Crippen LogP contribution in [0.15, 0.2) is 65.3 Å². The van der Waals surface area contributed by atoms with Crippen LogP contribution in [0.5, 0.6) is 0 Å². The molecule has 0 bridgehead atoms. The highest BCUT2D eigenvalue weighted by Gasteiger charge is 2.21. The van der Waals surface area contributed by atoms with Gasteiger partial charge in [0.2, 0.25) is 0 Å². The Morgan fingerprint density at radius 3 is 2.85 bits per heavy atom. The summed E-state index contributed by atoms with van der Waals surface area (Å²) in [6, 6.07) is 14.9. The van der Waals surface area contributed by atoms with Gasteiger partial charge in [-0.2, -0.15) is 5.10 Å². The SMILES string of the molecule is COCc1c(C(=O)Nc2ccn(Cc3ccccn3)n2)oc2ccccc12. The van der Waals surface area contributed by atoms with E-state index < -0.39 is 0 Å². The summed E-state index contributed by atoms with van der Waals surface area (Å²) in [6.45, 7) is 0.810. The van der Waals surface area contributed by atoms with E-state index in [2.05, 4.69) is 15.4 Å². The van der Waals surface area contributed by atoms with Crippen LogP contribution in [-0.4, -0.2) is 27.8 Å². The maximum Gasteiger partial charge on any atom is 0.292 e. The average molecular weight is 362 g/mol. The minimum atomic E-state index is -0.360. The number of anilines is 1. The monoisotopic (exact) mass is 362 g/mol. The number of methoxy groups -OCH3 is 1. The van der Waals surface area contributed by atoms with Crippen LogP contribution in [0, 0.1) is 0 Å². The molecule has 27 heavy (non-hydrogen) atoms. The summed E-state index contributed by atoms with van der Waals surface area (Å²) in [5.41, 5.74) is 2.26. The molecule has 0 fully saturated rings. The third-order valence-corrected chi connectivity index (χ3v) is 4.13. The summed E-state index contributed by atoms with van der Waals surface area (Å²) in [4.78, 5) is 17.0. The minimum absolute atomic E-state index is 0.234. The highest BCUT2D eigenvalue weighted by Crippen LogP contribution is 2.27. The summed E-state index contributed by atoms with van der Waals surface area (Å²) in [7, 11) is 1.59. The minimum Gasteiger partial charge on any atom is -0.451 e. The number of furan rings is 1. The van der Waals surface area contributed by atoms with Crippen molar-refractivity contribution in [2.24, 2.45) is 0 Å². The molecule has 7 heteroatoms. The number of amides is 1. The standard InChI is InChI=1S/C20H18N4O3/c1-26-13-16-15-7-2-3-8-17(15)27-19(16)20(25)22-18-9-11-24(23-18)12-14-6-4-5-10-21-14/h2-11H,12-13H2,1H3,(H,22,23,25). The molecule has 0 radical (unpaired) electrons. The zero-order valence-corrected chi connectivity index (χ0v) is 14.8. The lowest BCUT2D eigenvalue weighted by Crippen LogP contribution is -2.14. The largest absolute Gasteiger partial charge is 0.451 e. The lowest BCUT2D eigenvalue weighted by molar-refractivity contribution is 0.0991. The van der Waals surface area contributed by atoms with Crippen LogP contribution in [0.3, 0.4) is 0 Å². The van der Waals surface area contributed by atoms with Crippen LogP contribution >= 0.6 is 0 Å². The van der Waals surface area contributed by atoms with E-state index in [1.807, 2.05) is 42.5 Å². The Labute approximate surface area is 155 Å². The van der Waals surface area contributed by atoms with Crippen molar-refractivity contribution >= 4 is 22.7 Å². The van der Waals surface area contributed by atoms with Crippen molar-refractivity contribution in [1.82, 2.24) is 14.8 Å². The number of nitrogens with one attached hydrogen (secondary N) is 1. The van der Waals surface area contributed by atoms with Crippen molar-refractivity contribution in [3.8, 4) is 0 Å². The molecule has 0 aliphatic heterocycles. The summed E-state index contributed by atoms with van der Waals surface area (Å²) < 4.78 is 12.7. The second kappa shape index (κ2) is 7.43. The van der Waals surface area contributed by atoms with Gasteiger partial charge in [0.25, 0.3) is 5.91 Å². The third kappa shape index (κ3) is 3.58. The van der Waals surface area contributed by atoms with Crippen molar-refractivity contribution in [2.75, 3.05) is 12.4 Å². The van der Waals surface area contributed by atoms with E-state index >= 15 is 0 Å². The van der Waals surface area contributed by atoms with Gasteiger partial charge in [-0.25, -0.2) is 0 Å². The zero-order valence-electron chi connectivity index (χ0n) is 14.8. The molecule has 1 amide bonds. The lowest BCUT2D eigenvalue weighted by atomic mass is 10.1. The van der Waals surface area contributed by atoms with Gasteiger partial charge in [-0.15, -0.1) is 0 Å². The highest BCUT2D eigenvalue weighted by molar-refractivity contribution is 6.06. The summed E-state index contributed by atoms with van der Waals surface area (Å²) >= 11 is 0. The molecule has 1 aromatic carbocycles. The highest BCUT2D eigenvalue weighted by atomic mass is 16.5. The number of rotatable bonds is 6. The Bertz CT molecular complexity index is 1070. The number of nitrogens with zero attached hydrogens (tertiary/aromatic N) is 3. The number of fused-ring (bicyclic) bond motifs is 1. The number of para-hydroxylation sites is 1. The second-order valence-corrected chi connectivity index (χ2v) is 6.01. The van der Waals surface area contributed by atoms with Crippen LogP contribution in [0.1, 0.15) is 21.8 Å². The van der Waals surface area contributed by atoms with Crippen LogP contribution in [-0.2, 0) is 17.9 Å². The molecule has 0 unspecified atom stereocenters. The van der Waals surface area contributed by atoms with Crippen LogP contribution in [0.2, 0.25) is 0 Å². The Morgan fingerprint density at radius 1 is 1.19 bits per heavy atom. The van der Waals surface area contributed by atoms with Gasteiger partial charge in [-0.05, 0) is 18.2 Å². The van der Waals surface area contributed by atoms with Crippen molar-refractivity contribution in [1.29, 1.82) is 0 Å². The average Bonchev–Trinajstić information content (AvgIpc) is 3.28. The van der Waals surface area contributed by atoms with Crippen molar-refractivity contribution in [2.45, 2.75) is 13.2 Å². The van der Waals surface area contributed by atoms with Gasteiger partial charge in [0, 0.05) is 36.5 Å².